The maximum absolute atomic E-state index is 5.58. The lowest BCUT2D eigenvalue weighted by molar-refractivity contribution is 0.312. The van der Waals surface area contributed by atoms with Gasteiger partial charge in [0.15, 0.2) is 5.82 Å². The largest absolute Gasteiger partial charge is 0.353 e. The van der Waals surface area contributed by atoms with E-state index in [0.717, 1.165) is 49.7 Å². The Balaban J connectivity index is 1.70. The molecule has 2 N–H and O–H groups in total. The summed E-state index contributed by atoms with van der Waals surface area (Å²) in [4.78, 5) is 4.63. The van der Waals surface area contributed by atoms with Crippen LogP contribution in [0.15, 0.2) is 36.4 Å². The Morgan fingerprint density at radius 3 is 2.27 bits per heavy atom. The molecule has 3 rings (SSSR count). The maximum atomic E-state index is 5.58. The van der Waals surface area contributed by atoms with Crippen LogP contribution >= 0.6 is 0 Å². The highest BCUT2D eigenvalue weighted by Crippen LogP contribution is 2.20. The van der Waals surface area contributed by atoms with Crippen molar-refractivity contribution in [3.63, 3.8) is 0 Å². The summed E-state index contributed by atoms with van der Waals surface area (Å²) in [7, 11) is 2.15. The van der Waals surface area contributed by atoms with Gasteiger partial charge in [0.1, 0.15) is 0 Å². The van der Waals surface area contributed by atoms with Gasteiger partial charge >= 0.3 is 0 Å². The molecule has 0 radical (unpaired) electrons. The Morgan fingerprint density at radius 2 is 1.68 bits per heavy atom. The van der Waals surface area contributed by atoms with Gasteiger partial charge in [0.2, 0.25) is 0 Å². The smallest absolute Gasteiger partial charge is 0.151 e. The number of rotatable bonds is 4. The predicted molar refractivity (Wildman–Crippen MR) is 89.9 cm³/mol. The topological polar surface area (TPSA) is 58.3 Å². The number of piperazine rings is 1. The first-order valence-electron chi connectivity index (χ1n) is 7.83. The zero-order valence-electron chi connectivity index (χ0n) is 13.1. The van der Waals surface area contributed by atoms with Crippen LogP contribution in [0.25, 0.3) is 11.3 Å². The van der Waals surface area contributed by atoms with Gasteiger partial charge < -0.3 is 15.5 Å². The van der Waals surface area contributed by atoms with Gasteiger partial charge in [-0.05, 0) is 37.7 Å². The standard InChI is InChI=1S/C17H23N5/c1-21-10-12-22(13-11-21)17-7-6-16(19-20-17)15-4-2-14(3-5-15)8-9-18/h2-7H,8-13,18H2,1H3. The molecule has 1 saturated heterocycles. The lowest BCUT2D eigenvalue weighted by Crippen LogP contribution is -2.44. The summed E-state index contributed by atoms with van der Waals surface area (Å²) in [6, 6.07) is 12.5. The minimum Gasteiger partial charge on any atom is -0.353 e. The van der Waals surface area contributed by atoms with Gasteiger partial charge in [0.05, 0.1) is 5.69 Å². The first-order valence-corrected chi connectivity index (χ1v) is 7.83. The minimum absolute atomic E-state index is 0.679. The molecule has 116 valence electrons. The molecule has 5 heteroatoms. The summed E-state index contributed by atoms with van der Waals surface area (Å²) in [6.07, 6.45) is 0.911. The van der Waals surface area contributed by atoms with Gasteiger partial charge in [0.25, 0.3) is 0 Å². The number of nitrogens with two attached hydrogens (primary N) is 1. The molecule has 1 aliphatic rings. The molecule has 0 saturated carbocycles. The summed E-state index contributed by atoms with van der Waals surface area (Å²) in [6.45, 7) is 4.85. The summed E-state index contributed by atoms with van der Waals surface area (Å²) in [5.74, 6) is 0.969. The first kappa shape index (κ1) is 14.9. The molecule has 1 aliphatic heterocycles. The zero-order valence-corrected chi connectivity index (χ0v) is 13.1. The highest BCUT2D eigenvalue weighted by atomic mass is 15.3. The fourth-order valence-corrected chi connectivity index (χ4v) is 2.69. The van der Waals surface area contributed by atoms with Crippen LogP contribution in [0, 0.1) is 0 Å². The van der Waals surface area contributed by atoms with Crippen LogP contribution in [-0.4, -0.2) is 54.9 Å². The lowest BCUT2D eigenvalue weighted by Gasteiger charge is -2.32. The van der Waals surface area contributed by atoms with E-state index >= 15 is 0 Å². The molecule has 0 atom stereocenters. The molecule has 2 heterocycles. The first-order chi connectivity index (χ1) is 10.8. The molecule has 1 fully saturated rings. The molecule has 0 spiro atoms. The molecular formula is C17H23N5. The summed E-state index contributed by atoms with van der Waals surface area (Å²) in [5, 5.41) is 8.79. The molecular weight excluding hydrogens is 274 g/mol. The van der Waals surface area contributed by atoms with E-state index in [1.165, 1.54) is 5.56 Å². The van der Waals surface area contributed by atoms with E-state index in [1.54, 1.807) is 0 Å². The predicted octanol–water partition coefficient (Wildman–Crippen LogP) is 1.40. The van der Waals surface area contributed by atoms with Gasteiger partial charge in [0, 0.05) is 31.7 Å². The second kappa shape index (κ2) is 6.85. The normalized spacial score (nSPS) is 16.0. The van der Waals surface area contributed by atoms with E-state index in [1.807, 2.05) is 0 Å². The maximum Gasteiger partial charge on any atom is 0.151 e. The molecule has 1 aromatic carbocycles. The Kier molecular flexibility index (Phi) is 4.65. The third-order valence-corrected chi connectivity index (χ3v) is 4.16. The van der Waals surface area contributed by atoms with Crippen molar-refractivity contribution in [2.75, 3.05) is 44.7 Å². The number of likely N-dealkylation sites (N-methyl/N-ethyl adjacent to an activating group) is 1. The van der Waals surface area contributed by atoms with E-state index < -0.39 is 0 Å². The van der Waals surface area contributed by atoms with Crippen LogP contribution in [0.4, 0.5) is 5.82 Å². The monoisotopic (exact) mass is 297 g/mol. The lowest BCUT2D eigenvalue weighted by atomic mass is 10.1. The van der Waals surface area contributed by atoms with Gasteiger partial charge in [-0.3, -0.25) is 0 Å². The van der Waals surface area contributed by atoms with Crippen LogP contribution in [0.2, 0.25) is 0 Å². The number of anilines is 1. The Labute approximate surface area is 131 Å². The Morgan fingerprint density at radius 1 is 0.955 bits per heavy atom. The zero-order chi connectivity index (χ0) is 15.4. The van der Waals surface area contributed by atoms with Crippen molar-refractivity contribution < 1.29 is 0 Å². The van der Waals surface area contributed by atoms with Crippen LogP contribution in [0.1, 0.15) is 5.56 Å². The van der Waals surface area contributed by atoms with Gasteiger partial charge in [-0.1, -0.05) is 24.3 Å². The Hall–Kier alpha value is -1.98. The third-order valence-electron chi connectivity index (χ3n) is 4.16. The molecule has 2 aromatic rings. The third kappa shape index (κ3) is 3.43. The van der Waals surface area contributed by atoms with Crippen molar-refractivity contribution >= 4 is 5.82 Å². The average molecular weight is 297 g/mol. The molecule has 0 aliphatic carbocycles. The van der Waals surface area contributed by atoms with Crippen molar-refractivity contribution in [2.24, 2.45) is 5.73 Å². The van der Waals surface area contributed by atoms with E-state index in [2.05, 4.69) is 63.4 Å². The second-order valence-electron chi connectivity index (χ2n) is 5.80. The second-order valence-corrected chi connectivity index (χ2v) is 5.80. The molecule has 0 unspecified atom stereocenters. The number of benzene rings is 1. The van der Waals surface area contributed by atoms with Crippen LogP contribution in [0.3, 0.4) is 0 Å². The fraction of sp³-hybridized carbons (Fsp3) is 0.412. The van der Waals surface area contributed by atoms with Crippen molar-refractivity contribution in [2.45, 2.75) is 6.42 Å². The quantitative estimate of drug-likeness (QED) is 0.924. The van der Waals surface area contributed by atoms with Crippen molar-refractivity contribution in [3.8, 4) is 11.3 Å². The molecule has 22 heavy (non-hydrogen) atoms. The molecule has 0 bridgehead atoms. The highest BCUT2D eigenvalue weighted by molar-refractivity contribution is 5.60. The fourth-order valence-electron chi connectivity index (χ4n) is 2.69. The molecule has 5 nitrogen and oxygen atoms in total. The van der Waals surface area contributed by atoms with Crippen molar-refractivity contribution in [1.82, 2.24) is 15.1 Å². The SMILES string of the molecule is CN1CCN(c2ccc(-c3ccc(CCN)cc3)nn2)CC1. The number of hydrogen-bond acceptors (Lipinski definition) is 5. The van der Waals surface area contributed by atoms with E-state index in [0.29, 0.717) is 6.54 Å². The number of hydrogen-bond donors (Lipinski definition) is 1. The van der Waals surface area contributed by atoms with E-state index in [9.17, 15) is 0 Å². The molecule has 1 aromatic heterocycles. The number of nitrogens with zero attached hydrogens (tertiary/aromatic N) is 4. The van der Waals surface area contributed by atoms with Crippen LogP contribution < -0.4 is 10.6 Å². The average Bonchev–Trinajstić information content (AvgIpc) is 2.57. The van der Waals surface area contributed by atoms with Crippen LogP contribution in [0.5, 0.6) is 0 Å². The summed E-state index contributed by atoms with van der Waals surface area (Å²) < 4.78 is 0. The molecule has 0 amide bonds. The van der Waals surface area contributed by atoms with E-state index in [-0.39, 0.29) is 0 Å². The van der Waals surface area contributed by atoms with Crippen LogP contribution in [-0.2, 0) is 6.42 Å². The summed E-state index contributed by atoms with van der Waals surface area (Å²) in [5.41, 5.74) is 8.84. The van der Waals surface area contributed by atoms with Crippen molar-refractivity contribution in [3.05, 3.63) is 42.0 Å². The van der Waals surface area contributed by atoms with Gasteiger partial charge in [-0.25, -0.2) is 0 Å². The number of aromatic nitrogens is 2. The summed E-state index contributed by atoms with van der Waals surface area (Å²) >= 11 is 0. The van der Waals surface area contributed by atoms with E-state index in [4.69, 9.17) is 5.73 Å². The minimum atomic E-state index is 0.679. The Bertz CT molecular complexity index is 585. The van der Waals surface area contributed by atoms with Gasteiger partial charge in [-0.15, -0.1) is 10.2 Å². The van der Waals surface area contributed by atoms with Gasteiger partial charge in [-0.2, -0.15) is 0 Å². The highest BCUT2D eigenvalue weighted by Gasteiger charge is 2.15. The van der Waals surface area contributed by atoms with Crippen molar-refractivity contribution in [1.29, 1.82) is 0 Å².